The van der Waals surface area contributed by atoms with Crippen LogP contribution in [-0.2, 0) is 9.05 Å². The van der Waals surface area contributed by atoms with Gasteiger partial charge in [-0.25, -0.2) is 8.42 Å². The van der Waals surface area contributed by atoms with Gasteiger partial charge in [0.25, 0.3) is 14.7 Å². The Bertz CT molecular complexity index is 656. The average Bonchev–Trinajstić information content (AvgIpc) is 2.23. The van der Waals surface area contributed by atoms with E-state index in [1.165, 1.54) is 13.0 Å². The molecule has 5 nitrogen and oxygen atoms in total. The molecule has 0 N–H and O–H groups in total. The minimum absolute atomic E-state index is 0.184. The molecule has 0 radical (unpaired) electrons. The number of rotatable bonds is 2. The van der Waals surface area contributed by atoms with Crippen LogP contribution in [0.25, 0.3) is 0 Å². The van der Waals surface area contributed by atoms with Gasteiger partial charge in [0, 0.05) is 23.2 Å². The fourth-order valence-corrected chi connectivity index (χ4v) is 2.57. The average molecular weight is 288 g/mol. The second-order valence-electron chi connectivity index (χ2n) is 3.49. The van der Waals surface area contributed by atoms with Gasteiger partial charge in [-0.2, -0.15) is 0 Å². The summed E-state index contributed by atoms with van der Waals surface area (Å²) in [4.78, 5) is 9.93. The molecule has 0 atom stereocenters. The largest absolute Gasteiger partial charge is 0.286 e. The second kappa shape index (κ2) is 5.38. The Morgan fingerprint density at radius 1 is 1.44 bits per heavy atom. The zero-order valence-electron chi connectivity index (χ0n) is 9.73. The summed E-state index contributed by atoms with van der Waals surface area (Å²) < 4.78 is 22.5. The highest BCUT2D eigenvalue weighted by Crippen LogP contribution is 2.28. The molecule has 1 aromatic carbocycles. The summed E-state index contributed by atoms with van der Waals surface area (Å²) in [5, 5.41) is 10.9. The van der Waals surface area contributed by atoms with Crippen molar-refractivity contribution >= 4 is 25.4 Å². The van der Waals surface area contributed by atoms with Crippen LogP contribution in [0.5, 0.6) is 0 Å². The predicted molar refractivity (Wildman–Crippen MR) is 68.0 cm³/mol. The van der Waals surface area contributed by atoms with Crippen molar-refractivity contribution in [1.29, 1.82) is 0 Å². The Morgan fingerprint density at radius 3 is 2.50 bits per heavy atom. The van der Waals surface area contributed by atoms with E-state index in [4.69, 9.17) is 10.7 Å². The first-order valence-electron chi connectivity index (χ1n) is 5.00. The summed E-state index contributed by atoms with van der Waals surface area (Å²) in [5.41, 5.74) is 0.153. The monoisotopic (exact) mass is 287 g/mol. The molecule has 0 heterocycles. The van der Waals surface area contributed by atoms with Crippen LogP contribution in [0.1, 0.15) is 24.5 Å². The van der Waals surface area contributed by atoms with Crippen molar-refractivity contribution in [3.8, 4) is 11.8 Å². The zero-order valence-corrected chi connectivity index (χ0v) is 11.3. The number of nitrogens with zero attached hydrogens (tertiary/aromatic N) is 1. The Kier molecular flexibility index (Phi) is 4.33. The molecule has 0 spiro atoms. The van der Waals surface area contributed by atoms with Crippen LogP contribution in [0.4, 0.5) is 5.69 Å². The second-order valence-corrected chi connectivity index (χ2v) is 6.02. The van der Waals surface area contributed by atoms with E-state index in [0.29, 0.717) is 12.0 Å². The van der Waals surface area contributed by atoms with Gasteiger partial charge in [-0.1, -0.05) is 18.8 Å². The molecule has 1 rings (SSSR count). The fourth-order valence-electron chi connectivity index (χ4n) is 1.37. The van der Waals surface area contributed by atoms with Crippen LogP contribution in [0.2, 0.25) is 0 Å². The molecular weight excluding hydrogens is 278 g/mol. The Hall–Kier alpha value is -1.58. The summed E-state index contributed by atoms with van der Waals surface area (Å²) in [6, 6.07) is 2.30. The first-order valence-corrected chi connectivity index (χ1v) is 7.31. The van der Waals surface area contributed by atoms with E-state index < -0.39 is 14.0 Å². The van der Waals surface area contributed by atoms with Crippen molar-refractivity contribution in [2.45, 2.75) is 25.2 Å². The quantitative estimate of drug-likeness (QED) is 0.362. The zero-order chi connectivity index (χ0) is 13.9. The van der Waals surface area contributed by atoms with Crippen molar-refractivity contribution in [2.75, 3.05) is 0 Å². The van der Waals surface area contributed by atoms with E-state index >= 15 is 0 Å². The third kappa shape index (κ3) is 3.22. The smallest absolute Gasteiger partial charge is 0.258 e. The van der Waals surface area contributed by atoms with Crippen LogP contribution in [0.15, 0.2) is 17.0 Å². The van der Waals surface area contributed by atoms with Crippen molar-refractivity contribution in [1.82, 2.24) is 0 Å². The van der Waals surface area contributed by atoms with Crippen molar-refractivity contribution in [2.24, 2.45) is 0 Å². The summed E-state index contributed by atoms with van der Waals surface area (Å²) >= 11 is 0. The molecule has 0 aliphatic heterocycles. The molecule has 0 amide bonds. The molecule has 7 heteroatoms. The van der Waals surface area contributed by atoms with Crippen LogP contribution >= 0.6 is 10.7 Å². The Morgan fingerprint density at radius 2 is 2.06 bits per heavy atom. The van der Waals surface area contributed by atoms with Gasteiger partial charge in [0.05, 0.1) is 9.82 Å². The molecule has 0 saturated heterocycles. The Balaban J connectivity index is 3.59. The normalized spacial score (nSPS) is 10.6. The number of nitro benzene ring substituents is 1. The van der Waals surface area contributed by atoms with E-state index in [-0.39, 0.29) is 16.1 Å². The first kappa shape index (κ1) is 14.5. The van der Waals surface area contributed by atoms with E-state index in [9.17, 15) is 18.5 Å². The maximum absolute atomic E-state index is 11.3. The van der Waals surface area contributed by atoms with Crippen LogP contribution < -0.4 is 0 Å². The van der Waals surface area contributed by atoms with Gasteiger partial charge in [-0.15, -0.1) is 0 Å². The number of hydrogen-bond acceptors (Lipinski definition) is 4. The molecule has 0 unspecified atom stereocenters. The molecule has 0 bridgehead atoms. The Labute approximate surface area is 109 Å². The van der Waals surface area contributed by atoms with Crippen molar-refractivity contribution in [3.05, 3.63) is 33.4 Å². The maximum atomic E-state index is 11.3. The van der Waals surface area contributed by atoms with E-state index in [0.717, 1.165) is 6.07 Å². The molecule has 1 aromatic rings. The highest BCUT2D eigenvalue weighted by molar-refractivity contribution is 8.13. The third-order valence-corrected chi connectivity index (χ3v) is 3.62. The standard InChI is InChI=1S/C11H10ClNO4S/c1-3-4-5-9-6-8(2)11(18(12,16)17)7-10(9)13(14)15/h6-7H,3H2,1-2H3. The topological polar surface area (TPSA) is 77.3 Å². The van der Waals surface area contributed by atoms with E-state index in [1.807, 2.05) is 6.92 Å². The third-order valence-electron chi connectivity index (χ3n) is 2.15. The summed E-state index contributed by atoms with van der Waals surface area (Å²) in [5.74, 6) is 5.34. The van der Waals surface area contributed by atoms with Gasteiger partial charge in [-0.3, -0.25) is 10.1 Å². The highest BCUT2D eigenvalue weighted by Gasteiger charge is 2.21. The lowest BCUT2D eigenvalue weighted by Crippen LogP contribution is -2.00. The predicted octanol–water partition coefficient (Wildman–Crippen LogP) is 2.59. The molecule has 96 valence electrons. The first-order chi connectivity index (χ1) is 8.27. The van der Waals surface area contributed by atoms with Gasteiger partial charge in [-0.05, 0) is 18.6 Å². The lowest BCUT2D eigenvalue weighted by atomic mass is 10.1. The molecule has 0 aliphatic rings. The van der Waals surface area contributed by atoms with Gasteiger partial charge in [0.15, 0.2) is 0 Å². The lowest BCUT2D eigenvalue weighted by Gasteiger charge is -2.03. The number of halogens is 1. The van der Waals surface area contributed by atoms with E-state index in [1.54, 1.807) is 0 Å². The van der Waals surface area contributed by atoms with Crippen LogP contribution in [0, 0.1) is 28.9 Å². The van der Waals surface area contributed by atoms with Gasteiger partial charge in [0.1, 0.15) is 5.56 Å². The van der Waals surface area contributed by atoms with Gasteiger partial charge in [0.2, 0.25) is 0 Å². The molecule has 0 fully saturated rings. The molecule has 0 aromatic heterocycles. The number of nitro groups is 1. The number of benzene rings is 1. The van der Waals surface area contributed by atoms with Crippen molar-refractivity contribution in [3.63, 3.8) is 0 Å². The SMILES string of the molecule is CCC#Cc1cc(C)c(S(=O)(=O)Cl)cc1[N+](=O)[O-]. The van der Waals surface area contributed by atoms with Crippen LogP contribution in [-0.4, -0.2) is 13.3 Å². The van der Waals surface area contributed by atoms with Crippen molar-refractivity contribution < 1.29 is 13.3 Å². The summed E-state index contributed by atoms with van der Waals surface area (Å²) in [6.07, 6.45) is 0.547. The van der Waals surface area contributed by atoms with Gasteiger partial charge >= 0.3 is 0 Å². The number of hydrogen-bond donors (Lipinski definition) is 0. The summed E-state index contributed by atoms with van der Waals surface area (Å²) in [6.45, 7) is 3.32. The molecule has 0 saturated carbocycles. The minimum atomic E-state index is -4.01. The van der Waals surface area contributed by atoms with Gasteiger partial charge < -0.3 is 0 Å². The highest BCUT2D eigenvalue weighted by atomic mass is 35.7. The molecule has 18 heavy (non-hydrogen) atoms. The summed E-state index contributed by atoms with van der Waals surface area (Å²) in [7, 11) is 1.20. The maximum Gasteiger partial charge on any atom is 0.286 e. The minimum Gasteiger partial charge on any atom is -0.258 e. The lowest BCUT2D eigenvalue weighted by molar-refractivity contribution is -0.385. The fraction of sp³-hybridized carbons (Fsp3) is 0.273. The van der Waals surface area contributed by atoms with Crippen LogP contribution in [0.3, 0.4) is 0 Å². The number of aryl methyl sites for hydroxylation is 1. The van der Waals surface area contributed by atoms with E-state index in [2.05, 4.69) is 11.8 Å². The molecular formula is C11H10ClNO4S. The molecule has 0 aliphatic carbocycles.